The summed E-state index contributed by atoms with van der Waals surface area (Å²) in [6.07, 6.45) is 0.0800. The van der Waals surface area contributed by atoms with Crippen molar-refractivity contribution in [3.05, 3.63) is 58.6 Å². The van der Waals surface area contributed by atoms with Crippen molar-refractivity contribution in [1.82, 2.24) is 5.32 Å². The molecule has 1 heterocycles. The first kappa shape index (κ1) is 18.6. The van der Waals surface area contributed by atoms with Gasteiger partial charge in [-0.15, -0.1) is 0 Å². The van der Waals surface area contributed by atoms with Gasteiger partial charge >= 0.3 is 0 Å². The Morgan fingerprint density at radius 1 is 1.31 bits per heavy atom. The lowest BCUT2D eigenvalue weighted by Gasteiger charge is -2.38. The number of hydrogen-bond donors (Lipinski definition) is 1. The SMILES string of the molecule is Cc1cc(O[C@H](C)C(=O)N[C@H]2CC(C)(C)Oc3ccccc32)ccc1Cl. The minimum atomic E-state index is -0.617. The largest absolute Gasteiger partial charge is 0.487 e. The van der Waals surface area contributed by atoms with Crippen LogP contribution in [0.1, 0.15) is 44.4 Å². The lowest BCUT2D eigenvalue weighted by atomic mass is 9.89. The van der Waals surface area contributed by atoms with Crippen LogP contribution in [0, 0.1) is 6.92 Å². The third-order valence-corrected chi connectivity index (χ3v) is 4.93. The lowest BCUT2D eigenvalue weighted by Crippen LogP contribution is -2.44. The summed E-state index contributed by atoms with van der Waals surface area (Å²) >= 11 is 6.04. The van der Waals surface area contributed by atoms with Crippen LogP contribution in [0.4, 0.5) is 0 Å². The number of halogens is 1. The molecule has 2 aromatic carbocycles. The number of rotatable bonds is 4. The van der Waals surface area contributed by atoms with Crippen molar-refractivity contribution in [2.24, 2.45) is 0 Å². The second-order valence-electron chi connectivity index (χ2n) is 7.34. The maximum absolute atomic E-state index is 12.7. The van der Waals surface area contributed by atoms with E-state index < -0.39 is 6.10 Å². The van der Waals surface area contributed by atoms with Crippen LogP contribution in [-0.2, 0) is 4.79 Å². The van der Waals surface area contributed by atoms with Gasteiger partial charge in [0.1, 0.15) is 17.1 Å². The summed E-state index contributed by atoms with van der Waals surface area (Å²) < 4.78 is 11.8. The van der Waals surface area contributed by atoms with Gasteiger partial charge in [0.05, 0.1) is 6.04 Å². The molecule has 2 atom stereocenters. The predicted octanol–water partition coefficient (Wildman–Crippen LogP) is 4.83. The predicted molar refractivity (Wildman–Crippen MR) is 103 cm³/mol. The number of fused-ring (bicyclic) bond motifs is 1. The fourth-order valence-corrected chi connectivity index (χ4v) is 3.29. The molecular weight excluding hydrogens is 350 g/mol. The number of carbonyl (C=O) groups excluding carboxylic acids is 1. The maximum Gasteiger partial charge on any atom is 0.261 e. The van der Waals surface area contributed by atoms with Gasteiger partial charge in [-0.2, -0.15) is 0 Å². The van der Waals surface area contributed by atoms with Crippen LogP contribution in [0.5, 0.6) is 11.5 Å². The van der Waals surface area contributed by atoms with Crippen LogP contribution >= 0.6 is 11.6 Å². The quantitative estimate of drug-likeness (QED) is 0.834. The topological polar surface area (TPSA) is 47.6 Å². The van der Waals surface area contributed by atoms with E-state index in [0.29, 0.717) is 17.2 Å². The summed E-state index contributed by atoms with van der Waals surface area (Å²) in [5.74, 6) is 1.29. The van der Waals surface area contributed by atoms with Gasteiger partial charge in [-0.05, 0) is 57.5 Å². The Labute approximate surface area is 159 Å². The molecule has 138 valence electrons. The first-order valence-corrected chi connectivity index (χ1v) is 9.14. The van der Waals surface area contributed by atoms with Gasteiger partial charge in [-0.3, -0.25) is 4.79 Å². The molecule has 1 amide bonds. The second-order valence-corrected chi connectivity index (χ2v) is 7.74. The van der Waals surface area contributed by atoms with Gasteiger partial charge in [0, 0.05) is 17.0 Å². The van der Waals surface area contributed by atoms with Crippen LogP contribution in [0.3, 0.4) is 0 Å². The third-order valence-electron chi connectivity index (χ3n) is 4.50. The molecule has 1 aliphatic heterocycles. The Balaban J connectivity index is 1.71. The fraction of sp³-hybridized carbons (Fsp3) is 0.381. The van der Waals surface area contributed by atoms with Crippen molar-refractivity contribution in [3.63, 3.8) is 0 Å². The summed E-state index contributed by atoms with van der Waals surface area (Å²) in [7, 11) is 0. The number of carbonyl (C=O) groups is 1. The van der Waals surface area contributed by atoms with E-state index in [2.05, 4.69) is 5.32 Å². The number of nitrogens with one attached hydrogen (secondary N) is 1. The summed E-state index contributed by atoms with van der Waals surface area (Å²) in [6.45, 7) is 7.70. The highest BCUT2D eigenvalue weighted by Gasteiger charge is 2.35. The Kier molecular flexibility index (Phi) is 5.15. The zero-order valence-corrected chi connectivity index (χ0v) is 16.3. The third kappa shape index (κ3) is 4.13. The van der Waals surface area contributed by atoms with Crippen LogP contribution in [0.25, 0.3) is 0 Å². The molecule has 4 nitrogen and oxygen atoms in total. The minimum Gasteiger partial charge on any atom is -0.487 e. The van der Waals surface area contributed by atoms with E-state index in [1.165, 1.54) is 0 Å². The van der Waals surface area contributed by atoms with E-state index in [-0.39, 0.29) is 17.6 Å². The van der Waals surface area contributed by atoms with Crippen molar-refractivity contribution in [2.45, 2.75) is 51.9 Å². The Hall–Kier alpha value is -2.20. The number of para-hydroxylation sites is 1. The standard InChI is InChI=1S/C21H24ClNO3/c1-13-11-15(9-10-17(13)22)25-14(2)20(24)23-18-12-21(3,4)26-19-8-6-5-7-16(18)19/h5-11,14,18H,12H2,1-4H3,(H,23,24)/t14-,18+/m1/s1. The summed E-state index contributed by atoms with van der Waals surface area (Å²) in [5.41, 5.74) is 1.57. The van der Waals surface area contributed by atoms with E-state index in [0.717, 1.165) is 16.9 Å². The molecule has 0 bridgehead atoms. The molecule has 1 N–H and O–H groups in total. The van der Waals surface area contributed by atoms with Crippen molar-refractivity contribution >= 4 is 17.5 Å². The first-order valence-electron chi connectivity index (χ1n) is 8.76. The highest BCUT2D eigenvalue weighted by molar-refractivity contribution is 6.31. The average molecular weight is 374 g/mol. The number of ether oxygens (including phenoxy) is 2. The molecule has 0 unspecified atom stereocenters. The molecule has 1 aliphatic rings. The fourth-order valence-electron chi connectivity index (χ4n) is 3.17. The molecule has 26 heavy (non-hydrogen) atoms. The van der Waals surface area contributed by atoms with E-state index in [1.54, 1.807) is 19.1 Å². The lowest BCUT2D eigenvalue weighted by molar-refractivity contribution is -0.128. The second kappa shape index (κ2) is 7.20. The molecule has 3 rings (SSSR count). The molecule has 2 aromatic rings. The number of hydrogen-bond acceptors (Lipinski definition) is 3. The Morgan fingerprint density at radius 2 is 2.04 bits per heavy atom. The van der Waals surface area contributed by atoms with E-state index in [9.17, 15) is 4.79 Å². The van der Waals surface area contributed by atoms with Gasteiger partial charge in [0.25, 0.3) is 5.91 Å². The zero-order chi connectivity index (χ0) is 18.9. The van der Waals surface area contributed by atoms with Crippen LogP contribution in [0.2, 0.25) is 5.02 Å². The van der Waals surface area contributed by atoms with E-state index in [4.69, 9.17) is 21.1 Å². The summed E-state index contributed by atoms with van der Waals surface area (Å²) in [6, 6.07) is 13.1. The number of aryl methyl sites for hydroxylation is 1. The average Bonchev–Trinajstić information content (AvgIpc) is 2.57. The van der Waals surface area contributed by atoms with Gasteiger partial charge in [0.2, 0.25) is 0 Å². The molecule has 0 aliphatic carbocycles. The Morgan fingerprint density at radius 3 is 2.77 bits per heavy atom. The first-order chi connectivity index (χ1) is 12.2. The molecule has 0 radical (unpaired) electrons. The summed E-state index contributed by atoms with van der Waals surface area (Å²) in [5, 5.41) is 3.78. The van der Waals surface area contributed by atoms with Crippen LogP contribution in [-0.4, -0.2) is 17.6 Å². The molecule has 0 saturated heterocycles. The minimum absolute atomic E-state index is 0.111. The van der Waals surface area contributed by atoms with Crippen LogP contribution in [0.15, 0.2) is 42.5 Å². The molecule has 0 fully saturated rings. The van der Waals surface area contributed by atoms with Crippen molar-refractivity contribution < 1.29 is 14.3 Å². The number of amides is 1. The van der Waals surface area contributed by atoms with Gasteiger partial charge in [-0.1, -0.05) is 29.8 Å². The van der Waals surface area contributed by atoms with Gasteiger partial charge in [0.15, 0.2) is 6.10 Å². The monoisotopic (exact) mass is 373 g/mol. The maximum atomic E-state index is 12.7. The van der Waals surface area contributed by atoms with Gasteiger partial charge in [-0.25, -0.2) is 0 Å². The zero-order valence-electron chi connectivity index (χ0n) is 15.5. The van der Waals surface area contributed by atoms with E-state index >= 15 is 0 Å². The highest BCUT2D eigenvalue weighted by Crippen LogP contribution is 2.39. The highest BCUT2D eigenvalue weighted by atomic mass is 35.5. The molecular formula is C21H24ClNO3. The molecule has 0 saturated carbocycles. The van der Waals surface area contributed by atoms with Crippen molar-refractivity contribution in [1.29, 1.82) is 0 Å². The van der Waals surface area contributed by atoms with Crippen LogP contribution < -0.4 is 14.8 Å². The van der Waals surface area contributed by atoms with E-state index in [1.807, 2.05) is 51.1 Å². The smallest absolute Gasteiger partial charge is 0.261 e. The summed E-state index contributed by atoms with van der Waals surface area (Å²) in [4.78, 5) is 12.7. The van der Waals surface area contributed by atoms with Crippen molar-refractivity contribution in [3.8, 4) is 11.5 Å². The van der Waals surface area contributed by atoms with Crippen molar-refractivity contribution in [2.75, 3.05) is 0 Å². The number of benzene rings is 2. The normalized spacial score (nSPS) is 19.0. The van der Waals surface area contributed by atoms with Gasteiger partial charge < -0.3 is 14.8 Å². The molecule has 5 heteroatoms. The molecule has 0 spiro atoms. The Bertz CT molecular complexity index is 819. The molecule has 0 aromatic heterocycles.